The second-order valence-corrected chi connectivity index (χ2v) is 8.15. The normalized spacial score (nSPS) is 19.1. The average Bonchev–Trinajstić information content (AvgIpc) is 3.41. The molecule has 1 saturated heterocycles. The van der Waals surface area contributed by atoms with E-state index in [0.717, 1.165) is 57.1 Å². The van der Waals surface area contributed by atoms with Crippen LogP contribution in [0.15, 0.2) is 6.07 Å². The Hall–Kier alpha value is -2.12. The molecule has 2 aliphatic carbocycles. The highest BCUT2D eigenvalue weighted by molar-refractivity contribution is 5.90. The third-order valence-electron chi connectivity index (χ3n) is 6.15. The summed E-state index contributed by atoms with van der Waals surface area (Å²) in [7, 11) is 0. The molecule has 1 aliphatic heterocycles. The zero-order chi connectivity index (χ0) is 20.9. The Labute approximate surface area is 177 Å². The third kappa shape index (κ3) is 4.78. The number of benzene rings is 1. The Balaban J connectivity index is 1.43. The first-order valence-electron chi connectivity index (χ1n) is 11.2. The monoisotopic (exact) mass is 417 g/mol. The second kappa shape index (κ2) is 9.79. The van der Waals surface area contributed by atoms with Crippen molar-refractivity contribution in [1.82, 2.24) is 0 Å². The van der Waals surface area contributed by atoms with Gasteiger partial charge in [-0.05, 0) is 80.5 Å². The summed E-state index contributed by atoms with van der Waals surface area (Å²) >= 11 is 0. The Bertz CT molecular complexity index is 754. The van der Waals surface area contributed by atoms with Crippen LogP contribution in [0.4, 0.5) is 10.5 Å². The SMILES string of the molecule is CCOC(=O)C(COC1CCOCC1)OC(=O)Nc1c2c(cc3c1CCC3)CCC2. The van der Waals surface area contributed by atoms with E-state index in [1.807, 2.05) is 0 Å². The molecule has 1 amide bonds. The Morgan fingerprint density at radius 3 is 2.40 bits per heavy atom. The number of anilines is 1. The van der Waals surface area contributed by atoms with Crippen LogP contribution in [0.25, 0.3) is 0 Å². The Kier molecular flexibility index (Phi) is 6.89. The number of fused-ring (bicyclic) bond motifs is 2. The zero-order valence-electron chi connectivity index (χ0n) is 17.7. The molecule has 4 rings (SSSR count). The molecular weight excluding hydrogens is 386 g/mol. The number of rotatable bonds is 7. The van der Waals surface area contributed by atoms with Gasteiger partial charge in [0.15, 0.2) is 0 Å². The van der Waals surface area contributed by atoms with Crippen LogP contribution in [0.3, 0.4) is 0 Å². The minimum Gasteiger partial charge on any atom is -0.463 e. The molecule has 0 aromatic heterocycles. The van der Waals surface area contributed by atoms with Gasteiger partial charge in [-0.2, -0.15) is 0 Å². The first-order chi connectivity index (χ1) is 14.7. The van der Waals surface area contributed by atoms with Crippen molar-refractivity contribution in [2.24, 2.45) is 0 Å². The van der Waals surface area contributed by atoms with E-state index in [2.05, 4.69) is 11.4 Å². The molecule has 1 fully saturated rings. The molecule has 1 atom stereocenters. The minimum atomic E-state index is -1.09. The second-order valence-electron chi connectivity index (χ2n) is 8.15. The fraction of sp³-hybridized carbons (Fsp3) is 0.652. The number of amides is 1. The number of esters is 1. The van der Waals surface area contributed by atoms with Crippen LogP contribution in [-0.4, -0.2) is 50.7 Å². The molecule has 1 aromatic carbocycles. The molecule has 30 heavy (non-hydrogen) atoms. The standard InChI is InChI=1S/C23H31NO6/c1-2-28-22(25)20(14-29-17-9-11-27-12-10-17)30-23(26)24-21-18-7-3-5-15(18)13-16-6-4-8-19(16)21/h13,17,20H,2-12,14H2,1H3,(H,24,26). The average molecular weight is 418 g/mol. The summed E-state index contributed by atoms with van der Waals surface area (Å²) in [5.74, 6) is -0.580. The highest BCUT2D eigenvalue weighted by Crippen LogP contribution is 2.38. The van der Waals surface area contributed by atoms with Crippen molar-refractivity contribution in [1.29, 1.82) is 0 Å². The van der Waals surface area contributed by atoms with Crippen molar-refractivity contribution in [3.63, 3.8) is 0 Å². The predicted octanol–water partition coefficient (Wildman–Crippen LogP) is 3.34. The number of aryl methyl sites for hydroxylation is 2. The van der Waals surface area contributed by atoms with Gasteiger partial charge in [0.2, 0.25) is 6.10 Å². The number of ether oxygens (including phenoxy) is 4. The molecule has 1 heterocycles. The van der Waals surface area contributed by atoms with E-state index >= 15 is 0 Å². The summed E-state index contributed by atoms with van der Waals surface area (Å²) in [4.78, 5) is 25.1. The van der Waals surface area contributed by atoms with Gasteiger partial charge in [-0.25, -0.2) is 9.59 Å². The maximum atomic E-state index is 12.8. The van der Waals surface area contributed by atoms with Crippen molar-refractivity contribution in [2.45, 2.75) is 70.5 Å². The van der Waals surface area contributed by atoms with E-state index in [0.29, 0.717) is 13.2 Å². The molecule has 0 saturated carbocycles. The van der Waals surface area contributed by atoms with Crippen LogP contribution in [-0.2, 0) is 49.4 Å². The molecule has 1 N–H and O–H groups in total. The van der Waals surface area contributed by atoms with Crippen LogP contribution in [0, 0.1) is 0 Å². The van der Waals surface area contributed by atoms with E-state index < -0.39 is 18.2 Å². The first-order valence-corrected chi connectivity index (χ1v) is 11.2. The summed E-state index contributed by atoms with van der Waals surface area (Å²) < 4.78 is 21.7. The van der Waals surface area contributed by atoms with E-state index in [9.17, 15) is 9.59 Å². The highest BCUT2D eigenvalue weighted by atomic mass is 16.6. The molecule has 1 unspecified atom stereocenters. The molecule has 3 aliphatic rings. The van der Waals surface area contributed by atoms with Gasteiger partial charge in [-0.15, -0.1) is 0 Å². The maximum absolute atomic E-state index is 12.8. The van der Waals surface area contributed by atoms with Crippen LogP contribution >= 0.6 is 0 Å². The van der Waals surface area contributed by atoms with Crippen molar-refractivity contribution in [3.8, 4) is 0 Å². The predicted molar refractivity (Wildman–Crippen MR) is 111 cm³/mol. The van der Waals surface area contributed by atoms with Gasteiger partial charge in [-0.1, -0.05) is 6.07 Å². The fourth-order valence-electron chi connectivity index (χ4n) is 4.68. The Morgan fingerprint density at radius 1 is 1.10 bits per heavy atom. The largest absolute Gasteiger partial charge is 0.463 e. The summed E-state index contributed by atoms with van der Waals surface area (Å²) in [6.07, 6.45) is 6.07. The van der Waals surface area contributed by atoms with Crippen LogP contribution < -0.4 is 5.32 Å². The van der Waals surface area contributed by atoms with E-state index in [4.69, 9.17) is 18.9 Å². The number of hydrogen-bond acceptors (Lipinski definition) is 6. The van der Waals surface area contributed by atoms with Gasteiger partial charge in [0.05, 0.1) is 25.0 Å². The van der Waals surface area contributed by atoms with Crippen LogP contribution in [0.5, 0.6) is 0 Å². The lowest BCUT2D eigenvalue weighted by Crippen LogP contribution is -2.37. The number of carbonyl (C=O) groups is 2. The summed E-state index contributed by atoms with van der Waals surface area (Å²) in [6.45, 7) is 3.21. The number of carbonyl (C=O) groups excluding carboxylic acids is 2. The van der Waals surface area contributed by atoms with E-state index in [1.165, 1.54) is 22.3 Å². The highest BCUT2D eigenvalue weighted by Gasteiger charge is 2.29. The fourth-order valence-corrected chi connectivity index (χ4v) is 4.68. The molecule has 164 valence electrons. The summed E-state index contributed by atoms with van der Waals surface area (Å²) in [5, 5.41) is 2.96. The lowest BCUT2D eigenvalue weighted by Gasteiger charge is -2.25. The lowest BCUT2D eigenvalue weighted by molar-refractivity contribution is -0.158. The lowest BCUT2D eigenvalue weighted by atomic mass is 9.99. The summed E-state index contributed by atoms with van der Waals surface area (Å²) in [5.41, 5.74) is 6.00. The van der Waals surface area contributed by atoms with E-state index in [-0.39, 0.29) is 19.3 Å². The van der Waals surface area contributed by atoms with Crippen molar-refractivity contribution in [2.75, 3.05) is 31.7 Å². The number of nitrogens with one attached hydrogen (secondary N) is 1. The third-order valence-corrected chi connectivity index (χ3v) is 6.15. The smallest absolute Gasteiger partial charge is 0.412 e. The zero-order valence-corrected chi connectivity index (χ0v) is 17.7. The van der Waals surface area contributed by atoms with Gasteiger partial charge >= 0.3 is 12.1 Å². The van der Waals surface area contributed by atoms with Crippen LogP contribution in [0.2, 0.25) is 0 Å². The molecular formula is C23H31NO6. The molecule has 0 bridgehead atoms. The van der Waals surface area contributed by atoms with Crippen LogP contribution in [0.1, 0.15) is 54.9 Å². The first kappa shape index (κ1) is 21.1. The van der Waals surface area contributed by atoms with Gasteiger partial charge in [-0.3, -0.25) is 5.32 Å². The molecule has 0 spiro atoms. The topological polar surface area (TPSA) is 83.1 Å². The van der Waals surface area contributed by atoms with Gasteiger partial charge in [0, 0.05) is 13.2 Å². The van der Waals surface area contributed by atoms with Crippen molar-refractivity contribution < 1.29 is 28.5 Å². The number of hydrogen-bond donors (Lipinski definition) is 1. The van der Waals surface area contributed by atoms with E-state index in [1.54, 1.807) is 6.92 Å². The van der Waals surface area contributed by atoms with Gasteiger partial charge in [0.25, 0.3) is 0 Å². The minimum absolute atomic E-state index is 0.00278. The molecule has 7 heteroatoms. The van der Waals surface area contributed by atoms with Crippen molar-refractivity contribution in [3.05, 3.63) is 28.3 Å². The quantitative estimate of drug-likeness (QED) is 0.685. The van der Waals surface area contributed by atoms with Gasteiger partial charge in [0.1, 0.15) is 0 Å². The Morgan fingerprint density at radius 2 is 1.77 bits per heavy atom. The molecule has 7 nitrogen and oxygen atoms in total. The summed E-state index contributed by atoms with van der Waals surface area (Å²) in [6, 6.07) is 2.31. The molecule has 1 aromatic rings. The van der Waals surface area contributed by atoms with Gasteiger partial charge < -0.3 is 18.9 Å². The molecule has 0 radical (unpaired) electrons. The van der Waals surface area contributed by atoms with Crippen molar-refractivity contribution >= 4 is 17.7 Å². The maximum Gasteiger partial charge on any atom is 0.412 e.